The van der Waals surface area contributed by atoms with Crippen molar-refractivity contribution in [2.45, 2.75) is 26.3 Å². The molecule has 0 atom stereocenters. The van der Waals surface area contributed by atoms with Crippen molar-refractivity contribution in [1.29, 1.82) is 0 Å². The Labute approximate surface area is 137 Å². The molecule has 1 aliphatic rings. The number of fused-ring (bicyclic) bond motifs is 1. The van der Waals surface area contributed by atoms with E-state index >= 15 is 0 Å². The molecule has 0 bridgehead atoms. The summed E-state index contributed by atoms with van der Waals surface area (Å²) in [4.78, 5) is 14.4. The van der Waals surface area contributed by atoms with E-state index in [0.717, 1.165) is 29.0 Å². The largest absolute Gasteiger partial charge is 0.497 e. The second-order valence-corrected chi connectivity index (χ2v) is 5.64. The maximum atomic E-state index is 12.5. The summed E-state index contributed by atoms with van der Waals surface area (Å²) >= 11 is 0. The summed E-state index contributed by atoms with van der Waals surface area (Å²) in [5, 5.41) is 0. The second-order valence-electron chi connectivity index (χ2n) is 5.64. The number of ether oxygens (including phenoxy) is 1. The molecule has 3 nitrogen and oxygen atoms in total. The van der Waals surface area contributed by atoms with Gasteiger partial charge in [-0.25, -0.2) is 0 Å². The van der Waals surface area contributed by atoms with Crippen molar-refractivity contribution < 1.29 is 9.53 Å². The predicted octanol–water partition coefficient (Wildman–Crippen LogP) is 4.03. The van der Waals surface area contributed by atoms with Crippen molar-refractivity contribution in [2.24, 2.45) is 0 Å². The number of hydrogen-bond donors (Lipinski definition) is 0. The molecule has 0 radical (unpaired) electrons. The molecule has 0 fully saturated rings. The van der Waals surface area contributed by atoms with E-state index in [0.29, 0.717) is 13.0 Å². The molecule has 23 heavy (non-hydrogen) atoms. The van der Waals surface area contributed by atoms with Crippen LogP contribution in [-0.2, 0) is 17.8 Å². The molecule has 2 aromatic rings. The molecule has 0 heterocycles. The molecular formula is C20H21NO2. The number of hydrogen-bond acceptors (Lipinski definition) is 2. The quantitative estimate of drug-likeness (QED) is 0.834. The van der Waals surface area contributed by atoms with Crippen molar-refractivity contribution in [2.75, 3.05) is 7.11 Å². The minimum absolute atomic E-state index is 0.135. The van der Waals surface area contributed by atoms with Crippen LogP contribution in [0.5, 0.6) is 5.75 Å². The van der Waals surface area contributed by atoms with Gasteiger partial charge >= 0.3 is 0 Å². The van der Waals surface area contributed by atoms with Crippen LogP contribution in [0.15, 0.2) is 54.6 Å². The lowest BCUT2D eigenvalue weighted by Gasteiger charge is -2.25. The highest BCUT2D eigenvalue weighted by molar-refractivity contribution is 5.89. The fourth-order valence-electron chi connectivity index (χ4n) is 2.94. The summed E-state index contributed by atoms with van der Waals surface area (Å²) in [5.74, 6) is 0.955. The molecule has 0 spiro atoms. The molecule has 0 aromatic heterocycles. The van der Waals surface area contributed by atoms with Crippen LogP contribution in [0, 0.1) is 0 Å². The van der Waals surface area contributed by atoms with Crippen LogP contribution < -0.4 is 4.74 Å². The molecule has 2 aromatic carbocycles. The molecule has 1 aliphatic carbocycles. The molecule has 0 saturated carbocycles. The van der Waals surface area contributed by atoms with Gasteiger partial charge in [0.1, 0.15) is 5.75 Å². The zero-order valence-electron chi connectivity index (χ0n) is 13.6. The number of carbonyl (C=O) groups excluding carboxylic acids is 1. The van der Waals surface area contributed by atoms with Gasteiger partial charge in [0.2, 0.25) is 5.91 Å². The molecule has 3 rings (SSSR count). The number of benzene rings is 2. The van der Waals surface area contributed by atoms with Crippen molar-refractivity contribution in [3.05, 3.63) is 71.3 Å². The lowest BCUT2D eigenvalue weighted by atomic mass is 10.1. The first-order valence-corrected chi connectivity index (χ1v) is 7.94. The summed E-state index contributed by atoms with van der Waals surface area (Å²) in [6.45, 7) is 2.50. The average Bonchev–Trinajstić information content (AvgIpc) is 3.02. The van der Waals surface area contributed by atoms with E-state index in [9.17, 15) is 4.79 Å². The van der Waals surface area contributed by atoms with E-state index in [-0.39, 0.29) is 5.91 Å². The highest BCUT2D eigenvalue weighted by Gasteiger charge is 2.24. The second kappa shape index (κ2) is 6.69. The van der Waals surface area contributed by atoms with Crippen molar-refractivity contribution in [1.82, 2.24) is 4.90 Å². The molecule has 1 amide bonds. The molecule has 118 valence electrons. The van der Waals surface area contributed by atoms with E-state index in [4.69, 9.17) is 4.74 Å². The standard InChI is InChI=1S/C20H21NO2/c1-3-20(22)21(14-15-7-5-4-6-8-15)19-12-10-16-9-11-17(23-2)13-18(16)19/h4-9,11-13H,3,10,14H2,1-2H3. The lowest BCUT2D eigenvalue weighted by molar-refractivity contribution is -0.128. The van der Waals surface area contributed by atoms with E-state index < -0.39 is 0 Å². The minimum Gasteiger partial charge on any atom is -0.497 e. The van der Waals surface area contributed by atoms with Crippen molar-refractivity contribution >= 4 is 11.6 Å². The maximum Gasteiger partial charge on any atom is 0.227 e. The van der Waals surface area contributed by atoms with Gasteiger partial charge in [0.25, 0.3) is 0 Å². The summed E-state index contributed by atoms with van der Waals surface area (Å²) < 4.78 is 5.34. The Balaban J connectivity index is 1.95. The predicted molar refractivity (Wildman–Crippen MR) is 92.0 cm³/mol. The van der Waals surface area contributed by atoms with Crippen LogP contribution in [-0.4, -0.2) is 17.9 Å². The van der Waals surface area contributed by atoms with Gasteiger partial charge in [-0.1, -0.05) is 49.4 Å². The maximum absolute atomic E-state index is 12.5. The fraction of sp³-hybridized carbons (Fsp3) is 0.250. The van der Waals surface area contributed by atoms with Gasteiger partial charge in [0.15, 0.2) is 0 Å². The van der Waals surface area contributed by atoms with Crippen LogP contribution in [0.25, 0.3) is 5.70 Å². The van der Waals surface area contributed by atoms with Gasteiger partial charge in [-0.05, 0) is 29.7 Å². The first-order chi connectivity index (χ1) is 11.2. The topological polar surface area (TPSA) is 29.5 Å². The monoisotopic (exact) mass is 307 g/mol. The molecule has 0 N–H and O–H groups in total. The first-order valence-electron chi connectivity index (χ1n) is 7.94. The van der Waals surface area contributed by atoms with Gasteiger partial charge in [0.05, 0.1) is 13.7 Å². The summed E-state index contributed by atoms with van der Waals surface area (Å²) in [5.41, 5.74) is 4.46. The number of rotatable bonds is 5. The van der Waals surface area contributed by atoms with Crippen molar-refractivity contribution in [3.8, 4) is 5.75 Å². The Morgan fingerprint density at radius 3 is 2.65 bits per heavy atom. The van der Waals surface area contributed by atoms with E-state index in [1.54, 1.807) is 7.11 Å². The van der Waals surface area contributed by atoms with E-state index in [2.05, 4.69) is 24.3 Å². The first kappa shape index (κ1) is 15.3. The highest BCUT2D eigenvalue weighted by atomic mass is 16.5. The van der Waals surface area contributed by atoms with E-state index in [1.807, 2.05) is 42.2 Å². The van der Waals surface area contributed by atoms with Gasteiger partial charge in [0, 0.05) is 17.7 Å². The Hall–Kier alpha value is -2.55. The minimum atomic E-state index is 0.135. The fourth-order valence-corrected chi connectivity index (χ4v) is 2.94. The van der Waals surface area contributed by atoms with Crippen LogP contribution in [0.4, 0.5) is 0 Å². The number of methoxy groups -OCH3 is 1. The number of carbonyl (C=O) groups is 1. The van der Waals surface area contributed by atoms with Crippen LogP contribution in [0.1, 0.15) is 30.0 Å². The van der Waals surface area contributed by atoms with Gasteiger partial charge < -0.3 is 9.64 Å². The molecule has 3 heteroatoms. The number of nitrogens with zero attached hydrogens (tertiary/aromatic N) is 1. The molecular weight excluding hydrogens is 286 g/mol. The Morgan fingerprint density at radius 1 is 1.17 bits per heavy atom. The molecule has 0 unspecified atom stereocenters. The van der Waals surface area contributed by atoms with Gasteiger partial charge in [-0.3, -0.25) is 4.79 Å². The Morgan fingerprint density at radius 2 is 1.96 bits per heavy atom. The third-order valence-electron chi connectivity index (χ3n) is 4.19. The number of allylic oxidation sites excluding steroid dienone is 1. The normalized spacial score (nSPS) is 12.5. The average molecular weight is 307 g/mol. The summed E-state index contributed by atoms with van der Waals surface area (Å²) in [6.07, 6.45) is 3.49. The Bertz CT molecular complexity index is 735. The number of amides is 1. The lowest BCUT2D eigenvalue weighted by Crippen LogP contribution is -2.28. The smallest absolute Gasteiger partial charge is 0.227 e. The SMILES string of the molecule is CCC(=O)N(Cc1ccccc1)C1=CCc2ccc(OC)cc21. The third-order valence-corrected chi connectivity index (χ3v) is 4.19. The summed E-state index contributed by atoms with van der Waals surface area (Å²) in [6, 6.07) is 16.2. The van der Waals surface area contributed by atoms with Crippen LogP contribution in [0.3, 0.4) is 0 Å². The van der Waals surface area contributed by atoms with Gasteiger partial charge in [-0.2, -0.15) is 0 Å². The molecule has 0 saturated heterocycles. The Kier molecular flexibility index (Phi) is 4.47. The van der Waals surface area contributed by atoms with Crippen molar-refractivity contribution in [3.63, 3.8) is 0 Å². The third kappa shape index (κ3) is 3.14. The van der Waals surface area contributed by atoms with Crippen LogP contribution in [0.2, 0.25) is 0 Å². The van der Waals surface area contributed by atoms with Crippen LogP contribution >= 0.6 is 0 Å². The highest BCUT2D eigenvalue weighted by Crippen LogP contribution is 2.34. The zero-order chi connectivity index (χ0) is 16.2. The van der Waals surface area contributed by atoms with E-state index in [1.165, 1.54) is 5.56 Å². The molecule has 0 aliphatic heterocycles. The van der Waals surface area contributed by atoms with Gasteiger partial charge in [-0.15, -0.1) is 0 Å². The summed E-state index contributed by atoms with van der Waals surface area (Å²) in [7, 11) is 1.67. The zero-order valence-corrected chi connectivity index (χ0v) is 13.6.